The quantitative estimate of drug-likeness (QED) is 0.895. The highest BCUT2D eigenvalue weighted by molar-refractivity contribution is 5.88. The molecule has 5 heteroatoms. The molecule has 20 heavy (non-hydrogen) atoms. The van der Waals surface area contributed by atoms with Gasteiger partial charge in [-0.1, -0.05) is 24.3 Å². The molecule has 1 aromatic heterocycles. The molecule has 0 aliphatic heterocycles. The van der Waals surface area contributed by atoms with Crippen LogP contribution < -0.4 is 5.32 Å². The third kappa shape index (κ3) is 2.22. The number of carboxylic acids is 1. The summed E-state index contributed by atoms with van der Waals surface area (Å²) in [6.07, 6.45) is 3.40. The highest BCUT2D eigenvalue weighted by atomic mass is 16.4. The minimum Gasteiger partial charge on any atom is -0.478 e. The van der Waals surface area contributed by atoms with Crippen LogP contribution in [0.2, 0.25) is 0 Å². The molecule has 1 heterocycles. The monoisotopic (exact) mass is 269 g/mol. The lowest BCUT2D eigenvalue weighted by atomic mass is 10.1. The van der Waals surface area contributed by atoms with E-state index >= 15 is 0 Å². The van der Waals surface area contributed by atoms with Gasteiger partial charge in [0.15, 0.2) is 0 Å². The number of anilines is 1. The minimum absolute atomic E-state index is 0.141. The number of carbonyl (C=O) groups is 1. The number of aryl methyl sites for hydroxylation is 2. The van der Waals surface area contributed by atoms with E-state index in [2.05, 4.69) is 27.4 Å². The lowest BCUT2D eigenvalue weighted by Crippen LogP contribution is -2.12. The van der Waals surface area contributed by atoms with Gasteiger partial charge in [0.05, 0.1) is 17.3 Å². The van der Waals surface area contributed by atoms with Crippen LogP contribution in [0.25, 0.3) is 0 Å². The number of hydrogen-bond donors (Lipinski definition) is 2. The highest BCUT2D eigenvalue weighted by Crippen LogP contribution is 2.32. The van der Waals surface area contributed by atoms with Crippen molar-refractivity contribution in [2.75, 3.05) is 5.32 Å². The summed E-state index contributed by atoms with van der Waals surface area (Å²) >= 11 is 0. The van der Waals surface area contributed by atoms with Crippen LogP contribution in [0, 0.1) is 6.92 Å². The van der Waals surface area contributed by atoms with E-state index in [1.165, 1.54) is 17.3 Å². The molecule has 5 nitrogen and oxygen atoms in total. The van der Waals surface area contributed by atoms with E-state index in [1.54, 1.807) is 6.92 Å². The normalized spacial score (nSPS) is 16.8. The Bertz CT molecular complexity index is 670. The van der Waals surface area contributed by atoms with Crippen molar-refractivity contribution in [2.24, 2.45) is 0 Å². The third-order valence-electron chi connectivity index (χ3n) is 3.65. The molecule has 0 amide bonds. The number of fused-ring (bicyclic) bond motifs is 1. The molecule has 0 spiro atoms. The van der Waals surface area contributed by atoms with E-state index in [9.17, 15) is 4.79 Å². The average molecular weight is 269 g/mol. The van der Waals surface area contributed by atoms with Crippen molar-refractivity contribution in [3.63, 3.8) is 0 Å². The van der Waals surface area contributed by atoms with E-state index in [-0.39, 0.29) is 11.6 Å². The van der Waals surface area contributed by atoms with Crippen molar-refractivity contribution in [1.82, 2.24) is 9.97 Å². The second kappa shape index (κ2) is 4.92. The maximum Gasteiger partial charge on any atom is 0.339 e. The second-order valence-electron chi connectivity index (χ2n) is 4.93. The van der Waals surface area contributed by atoms with Gasteiger partial charge < -0.3 is 10.4 Å². The molecule has 0 radical (unpaired) electrons. The molecule has 1 atom stereocenters. The predicted octanol–water partition coefficient (Wildman–Crippen LogP) is 2.58. The number of nitrogens with one attached hydrogen (secondary N) is 1. The smallest absolute Gasteiger partial charge is 0.339 e. The van der Waals surface area contributed by atoms with Crippen LogP contribution in [-0.4, -0.2) is 21.0 Å². The lowest BCUT2D eigenvalue weighted by molar-refractivity contribution is 0.0695. The minimum atomic E-state index is -1.000. The first kappa shape index (κ1) is 12.6. The first-order valence-electron chi connectivity index (χ1n) is 6.56. The Morgan fingerprint density at radius 3 is 2.95 bits per heavy atom. The molecular formula is C15H15N3O2. The van der Waals surface area contributed by atoms with Crippen molar-refractivity contribution in [3.8, 4) is 0 Å². The SMILES string of the molecule is Cc1nc(N[C@@H]2CCc3ccccc32)ncc1C(=O)O. The summed E-state index contributed by atoms with van der Waals surface area (Å²) < 4.78 is 0. The number of benzene rings is 1. The van der Waals surface area contributed by atoms with Gasteiger partial charge in [0.2, 0.25) is 5.95 Å². The van der Waals surface area contributed by atoms with Crippen LogP contribution in [0.1, 0.15) is 39.6 Å². The van der Waals surface area contributed by atoms with Gasteiger partial charge in [-0.15, -0.1) is 0 Å². The summed E-state index contributed by atoms with van der Waals surface area (Å²) in [5.41, 5.74) is 3.24. The molecule has 2 N–H and O–H groups in total. The molecular weight excluding hydrogens is 254 g/mol. The number of aromatic carboxylic acids is 1. The summed E-state index contributed by atoms with van der Waals surface area (Å²) in [4.78, 5) is 19.3. The van der Waals surface area contributed by atoms with E-state index in [1.807, 2.05) is 12.1 Å². The number of nitrogens with zero attached hydrogens (tertiary/aromatic N) is 2. The summed E-state index contributed by atoms with van der Waals surface area (Å²) in [5.74, 6) is -0.519. The van der Waals surface area contributed by atoms with Crippen molar-refractivity contribution < 1.29 is 9.90 Å². The zero-order chi connectivity index (χ0) is 14.1. The first-order valence-corrected chi connectivity index (χ1v) is 6.56. The van der Waals surface area contributed by atoms with Gasteiger partial charge in [0, 0.05) is 6.20 Å². The van der Waals surface area contributed by atoms with E-state index < -0.39 is 5.97 Å². The van der Waals surface area contributed by atoms with Crippen molar-refractivity contribution in [3.05, 3.63) is 52.8 Å². The molecule has 0 bridgehead atoms. The van der Waals surface area contributed by atoms with E-state index in [0.717, 1.165) is 12.8 Å². The molecule has 1 aromatic carbocycles. The molecule has 102 valence electrons. The topological polar surface area (TPSA) is 75.1 Å². The Kier molecular flexibility index (Phi) is 3.10. The molecule has 0 saturated carbocycles. The number of carboxylic acid groups (broad SMARTS) is 1. The standard InChI is InChI=1S/C15H15N3O2/c1-9-12(14(19)20)8-16-15(17-9)18-13-7-6-10-4-2-3-5-11(10)13/h2-5,8,13H,6-7H2,1H3,(H,19,20)(H,16,17,18)/t13-/m1/s1. The van der Waals surface area contributed by atoms with Crippen LogP contribution in [0.5, 0.6) is 0 Å². The Labute approximate surface area is 116 Å². The number of hydrogen-bond acceptors (Lipinski definition) is 4. The number of aromatic nitrogens is 2. The average Bonchev–Trinajstić information content (AvgIpc) is 2.82. The fraction of sp³-hybridized carbons (Fsp3) is 0.267. The molecule has 2 aromatic rings. The van der Waals surface area contributed by atoms with Gasteiger partial charge >= 0.3 is 5.97 Å². The Morgan fingerprint density at radius 2 is 2.20 bits per heavy atom. The van der Waals surface area contributed by atoms with Crippen molar-refractivity contribution >= 4 is 11.9 Å². The molecule has 1 aliphatic carbocycles. The number of rotatable bonds is 3. The summed E-state index contributed by atoms with van der Waals surface area (Å²) in [7, 11) is 0. The second-order valence-corrected chi connectivity index (χ2v) is 4.93. The summed E-state index contributed by atoms with van der Waals surface area (Å²) in [6.45, 7) is 1.68. The van der Waals surface area contributed by atoms with Crippen LogP contribution in [0.3, 0.4) is 0 Å². The summed E-state index contributed by atoms with van der Waals surface area (Å²) in [6, 6.07) is 8.51. The van der Waals surface area contributed by atoms with Crippen LogP contribution in [0.4, 0.5) is 5.95 Å². The van der Waals surface area contributed by atoms with Gasteiger partial charge in [-0.25, -0.2) is 14.8 Å². The Morgan fingerprint density at radius 1 is 1.40 bits per heavy atom. The van der Waals surface area contributed by atoms with Crippen LogP contribution >= 0.6 is 0 Å². The largest absolute Gasteiger partial charge is 0.478 e. The lowest BCUT2D eigenvalue weighted by Gasteiger charge is -2.14. The summed E-state index contributed by atoms with van der Waals surface area (Å²) in [5, 5.41) is 12.3. The van der Waals surface area contributed by atoms with Crippen molar-refractivity contribution in [1.29, 1.82) is 0 Å². The molecule has 0 fully saturated rings. The van der Waals surface area contributed by atoms with Crippen LogP contribution in [0.15, 0.2) is 30.5 Å². The van der Waals surface area contributed by atoms with E-state index in [0.29, 0.717) is 11.6 Å². The zero-order valence-electron chi connectivity index (χ0n) is 11.1. The predicted molar refractivity (Wildman–Crippen MR) is 74.9 cm³/mol. The van der Waals surface area contributed by atoms with Gasteiger partial charge in [0.25, 0.3) is 0 Å². The maximum atomic E-state index is 10.9. The van der Waals surface area contributed by atoms with Crippen LogP contribution in [-0.2, 0) is 6.42 Å². The maximum absolute atomic E-state index is 10.9. The Hall–Kier alpha value is -2.43. The van der Waals surface area contributed by atoms with Gasteiger partial charge in [0.1, 0.15) is 0 Å². The molecule has 3 rings (SSSR count). The molecule has 1 aliphatic rings. The van der Waals surface area contributed by atoms with Gasteiger partial charge in [-0.2, -0.15) is 0 Å². The van der Waals surface area contributed by atoms with Crippen molar-refractivity contribution in [2.45, 2.75) is 25.8 Å². The Balaban J connectivity index is 1.83. The molecule has 0 saturated heterocycles. The van der Waals surface area contributed by atoms with Gasteiger partial charge in [-0.05, 0) is 30.9 Å². The van der Waals surface area contributed by atoms with Gasteiger partial charge in [-0.3, -0.25) is 0 Å². The first-order chi connectivity index (χ1) is 9.65. The highest BCUT2D eigenvalue weighted by Gasteiger charge is 2.22. The fourth-order valence-electron chi connectivity index (χ4n) is 2.61. The molecule has 0 unspecified atom stereocenters. The zero-order valence-corrected chi connectivity index (χ0v) is 11.1. The fourth-order valence-corrected chi connectivity index (χ4v) is 2.61. The van der Waals surface area contributed by atoms with E-state index in [4.69, 9.17) is 5.11 Å². The third-order valence-corrected chi connectivity index (χ3v) is 3.65.